The topological polar surface area (TPSA) is 93.5 Å². The van der Waals surface area contributed by atoms with Gasteiger partial charge in [0.2, 0.25) is 0 Å². The minimum Gasteiger partial charge on any atom is -0.463 e. The molecule has 0 unspecified atom stereocenters. The van der Waals surface area contributed by atoms with E-state index in [1.807, 2.05) is 43.3 Å². The van der Waals surface area contributed by atoms with E-state index in [9.17, 15) is 14.4 Å². The number of thioether (sulfide) groups is 1. The van der Waals surface area contributed by atoms with Gasteiger partial charge in [0.1, 0.15) is 0 Å². The summed E-state index contributed by atoms with van der Waals surface area (Å²) in [6.45, 7) is 4.18. The number of fused-ring (bicyclic) bond motifs is 1. The Bertz CT molecular complexity index is 1320. The maximum absolute atomic E-state index is 13.1. The summed E-state index contributed by atoms with van der Waals surface area (Å²) in [5.41, 5.74) is 2.17. The van der Waals surface area contributed by atoms with Crippen LogP contribution in [0.4, 0.5) is 4.79 Å². The first-order chi connectivity index (χ1) is 16.5. The highest BCUT2D eigenvalue weighted by Crippen LogP contribution is 2.34. The molecule has 0 radical (unpaired) electrons. The summed E-state index contributed by atoms with van der Waals surface area (Å²) in [4.78, 5) is 45.1. The van der Waals surface area contributed by atoms with Crippen LogP contribution in [0.5, 0.6) is 0 Å². The summed E-state index contributed by atoms with van der Waals surface area (Å²) in [6.07, 6.45) is 0. The van der Waals surface area contributed by atoms with Crippen molar-refractivity contribution in [2.45, 2.75) is 25.0 Å². The standard InChI is InChI=1S/C25H26N4O4S/c1-4-29-19(15-34-25-26-18-14-10-9-13-17(18)22(30)28(25)3)20(23(31)33-5-2)21(27-24(29)32)16-11-7-6-8-12-16/h6-14,21H,4-5,15H2,1-3H3,(H,27,32)/t21-/m1/s1. The smallest absolute Gasteiger partial charge is 0.338 e. The number of ether oxygens (including phenoxy) is 1. The molecule has 0 aliphatic carbocycles. The lowest BCUT2D eigenvalue weighted by Gasteiger charge is -2.36. The molecule has 3 aromatic rings. The maximum atomic E-state index is 13.1. The summed E-state index contributed by atoms with van der Waals surface area (Å²) >= 11 is 1.30. The van der Waals surface area contributed by atoms with E-state index < -0.39 is 12.0 Å². The Morgan fingerprint density at radius 1 is 1.09 bits per heavy atom. The first-order valence-electron chi connectivity index (χ1n) is 11.1. The number of rotatable bonds is 7. The minimum atomic E-state index is -0.639. The van der Waals surface area contributed by atoms with Crippen LogP contribution in [-0.4, -0.2) is 45.4 Å². The van der Waals surface area contributed by atoms with Gasteiger partial charge >= 0.3 is 12.0 Å². The van der Waals surface area contributed by atoms with Gasteiger partial charge < -0.3 is 10.1 Å². The Morgan fingerprint density at radius 2 is 1.79 bits per heavy atom. The van der Waals surface area contributed by atoms with Crippen LogP contribution in [0.25, 0.3) is 10.9 Å². The van der Waals surface area contributed by atoms with E-state index in [0.29, 0.717) is 33.9 Å². The van der Waals surface area contributed by atoms with Gasteiger partial charge in [-0.25, -0.2) is 14.6 Å². The molecular weight excluding hydrogens is 452 g/mol. The maximum Gasteiger partial charge on any atom is 0.338 e. The second kappa shape index (κ2) is 10.1. The number of esters is 1. The third kappa shape index (κ3) is 4.43. The molecule has 2 heterocycles. The van der Waals surface area contributed by atoms with Gasteiger partial charge in [-0.05, 0) is 31.5 Å². The lowest BCUT2D eigenvalue weighted by molar-refractivity contribution is -0.139. The quantitative estimate of drug-likeness (QED) is 0.317. The van der Waals surface area contributed by atoms with Crippen molar-refractivity contribution in [3.05, 3.63) is 81.8 Å². The molecule has 1 N–H and O–H groups in total. The summed E-state index contributed by atoms with van der Waals surface area (Å²) in [5.74, 6) is -0.220. The Kier molecular flexibility index (Phi) is 7.02. The number of amides is 2. The summed E-state index contributed by atoms with van der Waals surface area (Å²) < 4.78 is 6.88. The van der Waals surface area contributed by atoms with Crippen LogP contribution >= 0.6 is 11.8 Å². The minimum absolute atomic E-state index is 0.149. The highest BCUT2D eigenvalue weighted by molar-refractivity contribution is 7.99. The normalized spacial score (nSPS) is 16.0. The Labute approximate surface area is 201 Å². The van der Waals surface area contributed by atoms with Gasteiger partial charge in [-0.3, -0.25) is 14.3 Å². The van der Waals surface area contributed by atoms with Gasteiger partial charge in [-0.1, -0.05) is 54.2 Å². The first-order valence-corrected chi connectivity index (χ1v) is 12.1. The van der Waals surface area contributed by atoms with Crippen molar-refractivity contribution < 1.29 is 14.3 Å². The van der Waals surface area contributed by atoms with Crippen molar-refractivity contribution in [2.24, 2.45) is 7.05 Å². The summed E-state index contributed by atoms with van der Waals surface area (Å²) in [6, 6.07) is 15.6. The van der Waals surface area contributed by atoms with E-state index >= 15 is 0 Å². The molecule has 0 bridgehead atoms. The van der Waals surface area contributed by atoms with Gasteiger partial charge in [-0.2, -0.15) is 0 Å². The number of nitrogens with one attached hydrogen (secondary N) is 1. The van der Waals surface area contributed by atoms with Crippen LogP contribution < -0.4 is 10.9 Å². The van der Waals surface area contributed by atoms with E-state index in [-0.39, 0.29) is 24.0 Å². The predicted molar refractivity (Wildman–Crippen MR) is 131 cm³/mol. The number of nitrogens with zero attached hydrogens (tertiary/aromatic N) is 3. The zero-order valence-electron chi connectivity index (χ0n) is 19.3. The lowest BCUT2D eigenvalue weighted by atomic mass is 9.95. The number of benzene rings is 2. The SMILES string of the molecule is CCOC(=O)C1=C(CSc2nc3ccccc3c(=O)n2C)N(CC)C(=O)N[C@@H]1c1ccccc1. The molecule has 1 aliphatic rings. The van der Waals surface area contributed by atoms with Crippen LogP contribution in [0.3, 0.4) is 0 Å². The van der Waals surface area contributed by atoms with Gasteiger partial charge in [0.15, 0.2) is 5.16 Å². The molecule has 8 nitrogen and oxygen atoms in total. The Balaban J connectivity index is 1.80. The molecule has 0 fully saturated rings. The molecule has 4 rings (SSSR count). The van der Waals surface area contributed by atoms with Crippen LogP contribution in [-0.2, 0) is 16.6 Å². The Morgan fingerprint density at radius 3 is 2.50 bits per heavy atom. The third-order valence-corrected chi connectivity index (χ3v) is 6.70. The van der Waals surface area contributed by atoms with Crippen molar-refractivity contribution in [1.82, 2.24) is 19.8 Å². The average molecular weight is 479 g/mol. The predicted octanol–water partition coefficient (Wildman–Crippen LogP) is 3.63. The highest BCUT2D eigenvalue weighted by Gasteiger charge is 2.37. The number of hydrogen-bond acceptors (Lipinski definition) is 6. The van der Waals surface area contributed by atoms with Gasteiger partial charge in [0, 0.05) is 25.0 Å². The second-order valence-electron chi connectivity index (χ2n) is 7.68. The van der Waals surface area contributed by atoms with Gasteiger partial charge in [0.05, 0.1) is 29.1 Å². The highest BCUT2D eigenvalue weighted by atomic mass is 32.2. The van der Waals surface area contributed by atoms with Crippen molar-refractivity contribution in [3.8, 4) is 0 Å². The van der Waals surface area contributed by atoms with Crippen LogP contribution in [0.2, 0.25) is 0 Å². The zero-order valence-corrected chi connectivity index (χ0v) is 20.1. The number of hydrogen-bond donors (Lipinski definition) is 1. The van der Waals surface area contributed by atoms with E-state index in [1.165, 1.54) is 21.2 Å². The average Bonchev–Trinajstić information content (AvgIpc) is 2.85. The van der Waals surface area contributed by atoms with Crippen LogP contribution in [0.1, 0.15) is 25.5 Å². The summed E-state index contributed by atoms with van der Waals surface area (Å²) in [7, 11) is 1.67. The zero-order chi connectivity index (χ0) is 24.2. The molecule has 2 aromatic carbocycles. The largest absolute Gasteiger partial charge is 0.463 e. The molecule has 176 valence electrons. The van der Waals surface area contributed by atoms with Crippen LogP contribution in [0, 0.1) is 0 Å². The van der Waals surface area contributed by atoms with E-state index in [4.69, 9.17) is 4.74 Å². The first kappa shape index (κ1) is 23.6. The number of urea groups is 1. The van der Waals surface area contributed by atoms with Crippen molar-refractivity contribution in [3.63, 3.8) is 0 Å². The monoisotopic (exact) mass is 478 g/mol. The molecule has 2 amide bonds. The fourth-order valence-corrected chi connectivity index (χ4v) is 5.01. The molecule has 9 heteroatoms. The number of para-hydroxylation sites is 1. The fourth-order valence-electron chi connectivity index (χ4n) is 4.00. The lowest BCUT2D eigenvalue weighted by Crippen LogP contribution is -2.49. The molecule has 0 saturated carbocycles. The Hall–Kier alpha value is -3.59. The number of aromatic nitrogens is 2. The van der Waals surface area contributed by atoms with Crippen LogP contribution in [0.15, 0.2) is 75.8 Å². The van der Waals surface area contributed by atoms with Crippen molar-refractivity contribution in [2.75, 3.05) is 18.9 Å². The van der Waals surface area contributed by atoms with Crippen molar-refractivity contribution in [1.29, 1.82) is 0 Å². The molecule has 0 spiro atoms. The third-order valence-electron chi connectivity index (χ3n) is 5.66. The molecule has 1 aliphatic heterocycles. The van der Waals surface area contributed by atoms with Gasteiger partial charge in [-0.15, -0.1) is 0 Å². The number of carbonyl (C=O) groups is 2. The fraction of sp³-hybridized carbons (Fsp3) is 0.280. The van der Waals surface area contributed by atoms with Gasteiger partial charge in [0.25, 0.3) is 5.56 Å². The summed E-state index contributed by atoms with van der Waals surface area (Å²) in [5, 5.41) is 3.98. The van der Waals surface area contributed by atoms with E-state index in [1.54, 1.807) is 32.2 Å². The number of carbonyl (C=O) groups excluding carboxylic acids is 2. The van der Waals surface area contributed by atoms with E-state index in [2.05, 4.69) is 10.3 Å². The molecule has 34 heavy (non-hydrogen) atoms. The molecule has 1 atom stereocenters. The van der Waals surface area contributed by atoms with E-state index in [0.717, 1.165) is 5.56 Å². The molecule has 0 saturated heterocycles. The second-order valence-corrected chi connectivity index (χ2v) is 8.63. The molecular formula is C25H26N4O4S. The van der Waals surface area contributed by atoms with Crippen molar-refractivity contribution >= 4 is 34.7 Å². The molecule has 1 aromatic heterocycles.